The van der Waals surface area contributed by atoms with Gasteiger partial charge in [-0.25, -0.2) is 0 Å². The number of benzene rings is 2. The Morgan fingerprint density at radius 1 is 1.13 bits per heavy atom. The molecular weight excluding hydrogens is 308 g/mol. The van der Waals surface area contributed by atoms with Crippen LogP contribution in [0.25, 0.3) is 0 Å². The van der Waals surface area contributed by atoms with Crippen molar-refractivity contribution in [3.63, 3.8) is 0 Å². The number of carbonyl (C=O) groups is 1. The van der Waals surface area contributed by atoms with Gasteiger partial charge in [0.05, 0.1) is 6.54 Å². The third-order valence-corrected chi connectivity index (χ3v) is 4.09. The lowest BCUT2D eigenvalue weighted by molar-refractivity contribution is -0.115. The molecule has 0 fully saturated rings. The van der Waals surface area contributed by atoms with Gasteiger partial charge in [-0.2, -0.15) is 0 Å². The maximum atomic E-state index is 12.2. The van der Waals surface area contributed by atoms with Gasteiger partial charge < -0.3 is 10.6 Å². The van der Waals surface area contributed by atoms with E-state index in [1.165, 1.54) is 5.56 Å². The molecule has 0 spiro atoms. The summed E-state index contributed by atoms with van der Waals surface area (Å²) in [6.45, 7) is 8.34. The van der Waals surface area contributed by atoms with Crippen LogP contribution < -0.4 is 10.6 Å². The SMILES string of the molecule is Cc1cc(C)c(NC(=O)CN[C@@H](C)c2cccc(Cl)c2)c(C)c1. The summed E-state index contributed by atoms with van der Waals surface area (Å²) in [5, 5.41) is 6.92. The van der Waals surface area contributed by atoms with Crippen LogP contribution in [0.3, 0.4) is 0 Å². The Labute approximate surface area is 143 Å². The number of nitrogens with one attached hydrogen (secondary N) is 2. The summed E-state index contributed by atoms with van der Waals surface area (Å²) in [6, 6.07) is 11.9. The number of anilines is 1. The maximum Gasteiger partial charge on any atom is 0.238 e. The fraction of sp³-hybridized carbons (Fsp3) is 0.316. The van der Waals surface area contributed by atoms with Crippen LogP contribution in [-0.4, -0.2) is 12.5 Å². The molecule has 3 nitrogen and oxygen atoms in total. The highest BCUT2D eigenvalue weighted by atomic mass is 35.5. The van der Waals surface area contributed by atoms with Gasteiger partial charge in [0, 0.05) is 16.8 Å². The minimum absolute atomic E-state index is 0.0473. The predicted octanol–water partition coefficient (Wildman–Crippen LogP) is 4.55. The van der Waals surface area contributed by atoms with E-state index in [2.05, 4.69) is 29.7 Å². The van der Waals surface area contributed by atoms with Crippen LogP contribution >= 0.6 is 11.6 Å². The molecule has 0 saturated carbocycles. The Morgan fingerprint density at radius 3 is 2.39 bits per heavy atom. The molecule has 2 rings (SSSR count). The molecule has 0 unspecified atom stereocenters. The monoisotopic (exact) mass is 330 g/mol. The Bertz CT molecular complexity index is 689. The van der Waals surface area contributed by atoms with Crippen LogP contribution in [0, 0.1) is 20.8 Å². The first kappa shape index (κ1) is 17.5. The lowest BCUT2D eigenvalue weighted by Gasteiger charge is -2.16. The standard InChI is InChI=1S/C19H23ClN2O/c1-12-8-13(2)19(14(3)9-12)22-18(23)11-21-15(4)16-6-5-7-17(20)10-16/h5-10,15,21H,11H2,1-4H3,(H,22,23)/t15-/m0/s1. The van der Waals surface area contributed by atoms with E-state index in [9.17, 15) is 4.79 Å². The van der Waals surface area contributed by atoms with Crippen molar-refractivity contribution in [1.29, 1.82) is 0 Å². The number of hydrogen-bond donors (Lipinski definition) is 2. The van der Waals surface area contributed by atoms with Crippen molar-refractivity contribution < 1.29 is 4.79 Å². The highest BCUT2D eigenvalue weighted by molar-refractivity contribution is 6.30. The first-order valence-electron chi connectivity index (χ1n) is 7.73. The van der Waals surface area contributed by atoms with Crippen LogP contribution in [0.15, 0.2) is 36.4 Å². The minimum atomic E-state index is -0.0473. The second-order valence-corrected chi connectivity index (χ2v) is 6.42. The average molecular weight is 331 g/mol. The third-order valence-electron chi connectivity index (χ3n) is 3.86. The van der Waals surface area contributed by atoms with Gasteiger partial charge in [-0.15, -0.1) is 0 Å². The highest BCUT2D eigenvalue weighted by Gasteiger charge is 2.11. The summed E-state index contributed by atoms with van der Waals surface area (Å²) < 4.78 is 0. The molecule has 1 amide bonds. The van der Waals surface area contributed by atoms with Crippen molar-refractivity contribution >= 4 is 23.2 Å². The smallest absolute Gasteiger partial charge is 0.238 e. The molecule has 0 heterocycles. The van der Waals surface area contributed by atoms with E-state index in [0.29, 0.717) is 5.02 Å². The molecule has 0 aliphatic rings. The van der Waals surface area contributed by atoms with E-state index in [4.69, 9.17) is 11.6 Å². The molecule has 0 aromatic heterocycles. The Hall–Kier alpha value is -1.84. The molecule has 1 atom stereocenters. The van der Waals surface area contributed by atoms with Gasteiger partial charge in [0.15, 0.2) is 0 Å². The van der Waals surface area contributed by atoms with Gasteiger partial charge in [0.2, 0.25) is 5.91 Å². The molecular formula is C19H23ClN2O. The molecule has 2 aromatic carbocycles. The van der Waals surface area contributed by atoms with Gasteiger partial charge in [0.1, 0.15) is 0 Å². The lowest BCUT2D eigenvalue weighted by atomic mass is 10.1. The van der Waals surface area contributed by atoms with E-state index < -0.39 is 0 Å². The average Bonchev–Trinajstić information content (AvgIpc) is 2.48. The molecule has 2 N–H and O–H groups in total. The van der Waals surface area contributed by atoms with Crippen molar-refractivity contribution in [3.05, 3.63) is 63.7 Å². The molecule has 122 valence electrons. The first-order chi connectivity index (χ1) is 10.9. The highest BCUT2D eigenvalue weighted by Crippen LogP contribution is 2.22. The topological polar surface area (TPSA) is 41.1 Å². The molecule has 23 heavy (non-hydrogen) atoms. The Balaban J connectivity index is 1.95. The van der Waals surface area contributed by atoms with Gasteiger partial charge in [-0.3, -0.25) is 4.79 Å². The second kappa shape index (κ2) is 7.62. The van der Waals surface area contributed by atoms with Crippen molar-refractivity contribution in [2.24, 2.45) is 0 Å². The number of amides is 1. The number of halogens is 1. The normalized spacial score (nSPS) is 12.0. The number of hydrogen-bond acceptors (Lipinski definition) is 2. The van der Waals surface area contributed by atoms with Crippen LogP contribution in [-0.2, 0) is 4.79 Å². The number of carbonyl (C=O) groups excluding carboxylic acids is 1. The quantitative estimate of drug-likeness (QED) is 0.844. The number of rotatable bonds is 5. The summed E-state index contributed by atoms with van der Waals surface area (Å²) in [7, 11) is 0. The van der Waals surface area contributed by atoms with Crippen LogP contribution in [0.4, 0.5) is 5.69 Å². The lowest BCUT2D eigenvalue weighted by Crippen LogP contribution is -2.30. The predicted molar refractivity (Wildman–Crippen MR) is 97.2 cm³/mol. The molecule has 4 heteroatoms. The van der Waals surface area contributed by atoms with Crippen LogP contribution in [0.1, 0.15) is 35.2 Å². The first-order valence-corrected chi connectivity index (χ1v) is 8.11. The number of aryl methyl sites for hydroxylation is 3. The van der Waals surface area contributed by atoms with E-state index in [1.54, 1.807) is 0 Å². The zero-order chi connectivity index (χ0) is 17.0. The van der Waals surface area contributed by atoms with Crippen molar-refractivity contribution in [2.45, 2.75) is 33.7 Å². The summed E-state index contributed by atoms with van der Waals surface area (Å²) >= 11 is 6.00. The fourth-order valence-corrected chi connectivity index (χ4v) is 2.90. The van der Waals surface area contributed by atoms with Gasteiger partial charge in [-0.05, 0) is 56.5 Å². The van der Waals surface area contributed by atoms with Crippen LogP contribution in [0.2, 0.25) is 5.02 Å². The Morgan fingerprint density at radius 2 is 1.78 bits per heavy atom. The van der Waals surface area contributed by atoms with Gasteiger partial charge in [-0.1, -0.05) is 41.4 Å². The van der Waals surface area contributed by atoms with E-state index in [-0.39, 0.29) is 18.5 Å². The molecule has 0 aliphatic carbocycles. The summed E-state index contributed by atoms with van der Waals surface area (Å²) in [5.41, 5.74) is 5.33. The van der Waals surface area contributed by atoms with E-state index in [1.807, 2.05) is 45.0 Å². The van der Waals surface area contributed by atoms with Crippen molar-refractivity contribution in [3.8, 4) is 0 Å². The fourth-order valence-electron chi connectivity index (χ4n) is 2.70. The zero-order valence-electron chi connectivity index (χ0n) is 14.0. The van der Waals surface area contributed by atoms with E-state index in [0.717, 1.165) is 22.4 Å². The van der Waals surface area contributed by atoms with Gasteiger partial charge in [0.25, 0.3) is 0 Å². The largest absolute Gasteiger partial charge is 0.324 e. The van der Waals surface area contributed by atoms with E-state index >= 15 is 0 Å². The molecule has 0 aliphatic heterocycles. The molecule has 0 bridgehead atoms. The molecule has 0 saturated heterocycles. The summed E-state index contributed by atoms with van der Waals surface area (Å²) in [6.07, 6.45) is 0. The maximum absolute atomic E-state index is 12.2. The summed E-state index contributed by atoms with van der Waals surface area (Å²) in [5.74, 6) is -0.0473. The van der Waals surface area contributed by atoms with Gasteiger partial charge >= 0.3 is 0 Å². The van der Waals surface area contributed by atoms with Crippen molar-refractivity contribution in [2.75, 3.05) is 11.9 Å². The molecule has 2 aromatic rings. The summed E-state index contributed by atoms with van der Waals surface area (Å²) in [4.78, 5) is 12.2. The van der Waals surface area contributed by atoms with Crippen molar-refractivity contribution in [1.82, 2.24) is 5.32 Å². The molecule has 0 radical (unpaired) electrons. The zero-order valence-corrected chi connectivity index (χ0v) is 14.8. The Kier molecular flexibility index (Phi) is 5.80. The van der Waals surface area contributed by atoms with Crippen LogP contribution in [0.5, 0.6) is 0 Å². The minimum Gasteiger partial charge on any atom is -0.324 e. The third kappa shape index (κ3) is 4.81. The second-order valence-electron chi connectivity index (χ2n) is 5.98.